The van der Waals surface area contributed by atoms with Crippen LogP contribution in [-0.2, 0) is 0 Å². The van der Waals surface area contributed by atoms with Gasteiger partial charge in [0.1, 0.15) is 0 Å². The van der Waals surface area contributed by atoms with E-state index in [1.165, 1.54) is 6.07 Å². The lowest BCUT2D eigenvalue weighted by Crippen LogP contribution is -2.07. The summed E-state index contributed by atoms with van der Waals surface area (Å²) in [6.07, 6.45) is 0.679. The Kier molecular flexibility index (Phi) is 4.68. The Balaban J connectivity index is 2.77. The van der Waals surface area contributed by atoms with Crippen LogP contribution in [0.4, 0.5) is 5.69 Å². The number of hydrogen-bond acceptors (Lipinski definition) is 2. The van der Waals surface area contributed by atoms with Gasteiger partial charge in [-0.2, -0.15) is 0 Å². The SMILES string of the molecule is CC#CCCNc1ccc(Cl)cc1C(=O)O. The van der Waals surface area contributed by atoms with Gasteiger partial charge in [-0.15, -0.1) is 11.8 Å². The van der Waals surface area contributed by atoms with E-state index in [-0.39, 0.29) is 5.56 Å². The van der Waals surface area contributed by atoms with Crippen molar-refractivity contribution >= 4 is 23.3 Å². The van der Waals surface area contributed by atoms with Crippen molar-refractivity contribution in [1.29, 1.82) is 0 Å². The fraction of sp³-hybridized carbons (Fsp3) is 0.250. The van der Waals surface area contributed by atoms with Crippen molar-refractivity contribution in [3.63, 3.8) is 0 Å². The largest absolute Gasteiger partial charge is 0.478 e. The quantitative estimate of drug-likeness (QED) is 0.625. The number of carboxylic acid groups (broad SMARTS) is 1. The van der Waals surface area contributed by atoms with Crippen molar-refractivity contribution in [3.05, 3.63) is 28.8 Å². The zero-order valence-electron chi connectivity index (χ0n) is 8.88. The predicted octanol–water partition coefficient (Wildman–Crippen LogP) is 2.86. The van der Waals surface area contributed by atoms with Crippen molar-refractivity contribution in [2.45, 2.75) is 13.3 Å². The number of rotatable bonds is 4. The summed E-state index contributed by atoms with van der Waals surface area (Å²) in [5, 5.41) is 12.4. The Morgan fingerprint density at radius 3 is 2.94 bits per heavy atom. The van der Waals surface area contributed by atoms with Gasteiger partial charge in [0.25, 0.3) is 0 Å². The molecule has 0 amide bonds. The van der Waals surface area contributed by atoms with E-state index in [2.05, 4.69) is 17.2 Å². The van der Waals surface area contributed by atoms with Crippen LogP contribution in [-0.4, -0.2) is 17.6 Å². The molecule has 0 aliphatic rings. The van der Waals surface area contributed by atoms with E-state index >= 15 is 0 Å². The zero-order valence-corrected chi connectivity index (χ0v) is 9.64. The second kappa shape index (κ2) is 6.04. The minimum atomic E-state index is -0.994. The third kappa shape index (κ3) is 3.48. The standard InChI is InChI=1S/C12H12ClNO2/c1-2-3-4-7-14-11-6-5-9(13)8-10(11)12(15)16/h5-6,8,14H,4,7H2,1H3,(H,15,16). The highest BCUT2D eigenvalue weighted by molar-refractivity contribution is 6.31. The minimum absolute atomic E-state index is 0.178. The number of anilines is 1. The first-order valence-corrected chi connectivity index (χ1v) is 5.19. The fourth-order valence-electron chi connectivity index (χ4n) is 1.23. The van der Waals surface area contributed by atoms with Crippen molar-refractivity contribution in [2.75, 3.05) is 11.9 Å². The Labute approximate surface area is 99.4 Å². The van der Waals surface area contributed by atoms with Crippen molar-refractivity contribution in [1.82, 2.24) is 0 Å². The molecule has 16 heavy (non-hydrogen) atoms. The van der Waals surface area contributed by atoms with Gasteiger partial charge in [-0.25, -0.2) is 4.79 Å². The normalized spacial score (nSPS) is 9.12. The smallest absolute Gasteiger partial charge is 0.337 e. The molecular formula is C12H12ClNO2. The highest BCUT2D eigenvalue weighted by atomic mass is 35.5. The summed E-state index contributed by atoms with van der Waals surface area (Å²) >= 11 is 5.73. The molecule has 3 nitrogen and oxygen atoms in total. The third-order valence-corrected chi connectivity index (χ3v) is 2.19. The number of nitrogens with one attached hydrogen (secondary N) is 1. The first-order chi connectivity index (χ1) is 7.65. The molecule has 4 heteroatoms. The summed E-state index contributed by atoms with van der Waals surface area (Å²) in [7, 11) is 0. The van der Waals surface area contributed by atoms with Crippen LogP contribution in [0.15, 0.2) is 18.2 Å². The molecule has 2 N–H and O–H groups in total. The molecule has 0 saturated carbocycles. The summed E-state index contributed by atoms with van der Waals surface area (Å²) in [5.74, 6) is 4.67. The molecule has 0 atom stereocenters. The second-order valence-electron chi connectivity index (χ2n) is 3.10. The molecule has 0 unspecified atom stereocenters. The van der Waals surface area contributed by atoms with E-state index in [0.29, 0.717) is 23.7 Å². The topological polar surface area (TPSA) is 49.3 Å². The lowest BCUT2D eigenvalue weighted by atomic mass is 10.2. The summed E-state index contributed by atoms with van der Waals surface area (Å²) in [5.41, 5.74) is 0.742. The lowest BCUT2D eigenvalue weighted by Gasteiger charge is -2.08. The molecule has 0 bridgehead atoms. The summed E-state index contributed by atoms with van der Waals surface area (Å²) in [6, 6.07) is 4.74. The molecule has 0 aliphatic heterocycles. The molecule has 0 fully saturated rings. The van der Waals surface area contributed by atoms with Crippen molar-refractivity contribution < 1.29 is 9.90 Å². The highest BCUT2D eigenvalue weighted by Crippen LogP contribution is 2.20. The molecule has 0 aromatic heterocycles. The maximum Gasteiger partial charge on any atom is 0.337 e. The van der Waals surface area contributed by atoms with Crippen LogP contribution in [0.3, 0.4) is 0 Å². The summed E-state index contributed by atoms with van der Waals surface area (Å²) < 4.78 is 0. The van der Waals surface area contributed by atoms with E-state index in [9.17, 15) is 4.79 Å². The second-order valence-corrected chi connectivity index (χ2v) is 3.54. The minimum Gasteiger partial charge on any atom is -0.478 e. The number of hydrogen-bond donors (Lipinski definition) is 2. The number of halogens is 1. The Morgan fingerprint density at radius 2 is 2.31 bits per heavy atom. The number of benzene rings is 1. The Bertz CT molecular complexity index is 446. The van der Waals surface area contributed by atoms with Gasteiger partial charge in [0.05, 0.1) is 5.56 Å². The van der Waals surface area contributed by atoms with Gasteiger partial charge in [0, 0.05) is 23.7 Å². The molecule has 0 radical (unpaired) electrons. The van der Waals surface area contributed by atoms with Gasteiger partial charge in [-0.1, -0.05) is 11.6 Å². The summed E-state index contributed by atoms with van der Waals surface area (Å²) in [6.45, 7) is 2.38. The average Bonchev–Trinajstić information content (AvgIpc) is 2.26. The van der Waals surface area contributed by atoms with Crippen LogP contribution < -0.4 is 5.32 Å². The van der Waals surface area contributed by atoms with Crippen LogP contribution >= 0.6 is 11.6 Å². The molecule has 84 valence electrons. The number of carboxylic acids is 1. The first kappa shape index (κ1) is 12.4. The van der Waals surface area contributed by atoms with Gasteiger partial charge in [-0.3, -0.25) is 0 Å². The molecular weight excluding hydrogens is 226 g/mol. The predicted molar refractivity (Wildman–Crippen MR) is 65.0 cm³/mol. The van der Waals surface area contributed by atoms with Crippen LogP contribution in [0.2, 0.25) is 5.02 Å². The van der Waals surface area contributed by atoms with Gasteiger partial charge >= 0.3 is 5.97 Å². The van der Waals surface area contributed by atoms with Crippen LogP contribution in [0.25, 0.3) is 0 Å². The zero-order chi connectivity index (χ0) is 12.0. The van der Waals surface area contributed by atoms with Crippen LogP contribution in [0.5, 0.6) is 0 Å². The Hall–Kier alpha value is -1.66. The molecule has 0 heterocycles. The van der Waals surface area contributed by atoms with Crippen LogP contribution in [0, 0.1) is 11.8 Å². The fourth-order valence-corrected chi connectivity index (χ4v) is 1.40. The van der Waals surface area contributed by atoms with E-state index < -0.39 is 5.97 Å². The molecule has 1 aromatic carbocycles. The molecule has 1 rings (SSSR count). The van der Waals surface area contributed by atoms with E-state index in [0.717, 1.165) is 0 Å². The number of carbonyl (C=O) groups is 1. The average molecular weight is 238 g/mol. The van der Waals surface area contributed by atoms with Gasteiger partial charge in [-0.05, 0) is 25.1 Å². The van der Waals surface area contributed by atoms with E-state index in [4.69, 9.17) is 16.7 Å². The maximum absolute atomic E-state index is 10.9. The van der Waals surface area contributed by atoms with Crippen LogP contribution in [0.1, 0.15) is 23.7 Å². The third-order valence-electron chi connectivity index (χ3n) is 1.95. The molecule has 0 spiro atoms. The lowest BCUT2D eigenvalue weighted by molar-refractivity contribution is 0.0698. The van der Waals surface area contributed by atoms with Crippen molar-refractivity contribution in [2.24, 2.45) is 0 Å². The molecule has 0 saturated heterocycles. The maximum atomic E-state index is 10.9. The van der Waals surface area contributed by atoms with Crippen molar-refractivity contribution in [3.8, 4) is 11.8 Å². The molecule has 0 aliphatic carbocycles. The van der Waals surface area contributed by atoms with Gasteiger partial charge in [0.15, 0.2) is 0 Å². The Morgan fingerprint density at radius 1 is 1.56 bits per heavy atom. The van der Waals surface area contributed by atoms with E-state index in [1.54, 1.807) is 19.1 Å². The monoisotopic (exact) mass is 237 g/mol. The van der Waals surface area contributed by atoms with Gasteiger partial charge in [0.2, 0.25) is 0 Å². The van der Waals surface area contributed by atoms with E-state index in [1.807, 2.05) is 0 Å². The summed E-state index contributed by atoms with van der Waals surface area (Å²) in [4.78, 5) is 10.9. The van der Waals surface area contributed by atoms with Gasteiger partial charge < -0.3 is 10.4 Å². The first-order valence-electron chi connectivity index (χ1n) is 4.81. The molecule has 1 aromatic rings. The highest BCUT2D eigenvalue weighted by Gasteiger charge is 2.09. The number of aromatic carboxylic acids is 1.